The highest BCUT2D eigenvalue weighted by Crippen LogP contribution is 2.29. The van der Waals surface area contributed by atoms with Crippen LogP contribution >= 0.6 is 0 Å². The van der Waals surface area contributed by atoms with Gasteiger partial charge in [-0.1, -0.05) is 20.8 Å². The number of rotatable bonds is 4. The van der Waals surface area contributed by atoms with Crippen LogP contribution in [-0.4, -0.2) is 47.6 Å². The van der Waals surface area contributed by atoms with Crippen molar-refractivity contribution in [3.8, 4) is 0 Å². The van der Waals surface area contributed by atoms with Gasteiger partial charge in [0.05, 0.1) is 12.6 Å². The van der Waals surface area contributed by atoms with Gasteiger partial charge in [0.1, 0.15) is 11.6 Å². The Morgan fingerprint density at radius 1 is 1.32 bits per heavy atom. The highest BCUT2D eigenvalue weighted by molar-refractivity contribution is 6.00. The summed E-state index contributed by atoms with van der Waals surface area (Å²) in [6.45, 7) is 7.09. The van der Waals surface area contributed by atoms with Crippen molar-refractivity contribution in [2.75, 3.05) is 13.2 Å². The van der Waals surface area contributed by atoms with Crippen LogP contribution in [0.1, 0.15) is 46.5 Å². The van der Waals surface area contributed by atoms with Crippen LogP contribution in [0.25, 0.3) is 0 Å². The van der Waals surface area contributed by atoms with Crippen LogP contribution in [0.2, 0.25) is 0 Å². The van der Waals surface area contributed by atoms with Crippen molar-refractivity contribution in [1.82, 2.24) is 10.2 Å². The minimum Gasteiger partial charge on any atom is -0.379 e. The molecule has 2 unspecified atom stereocenters. The third-order valence-electron chi connectivity index (χ3n) is 4.54. The lowest BCUT2D eigenvalue weighted by Crippen LogP contribution is -2.71. The third kappa shape index (κ3) is 2.24. The fraction of sp³-hybridized carbons (Fsp3) is 0.857. The molecule has 2 amide bonds. The van der Waals surface area contributed by atoms with Gasteiger partial charge in [0.15, 0.2) is 0 Å². The van der Waals surface area contributed by atoms with Crippen molar-refractivity contribution in [3.05, 3.63) is 0 Å². The van der Waals surface area contributed by atoms with Crippen LogP contribution in [0.5, 0.6) is 0 Å². The number of amides is 2. The van der Waals surface area contributed by atoms with Crippen LogP contribution in [0, 0.1) is 0 Å². The molecule has 0 aliphatic carbocycles. The van der Waals surface area contributed by atoms with E-state index in [1.54, 1.807) is 4.90 Å². The Kier molecular flexibility index (Phi) is 4.13. The van der Waals surface area contributed by atoms with E-state index < -0.39 is 5.54 Å². The van der Waals surface area contributed by atoms with E-state index in [4.69, 9.17) is 4.74 Å². The topological polar surface area (TPSA) is 58.6 Å². The molecule has 0 aromatic heterocycles. The number of hydrogen-bond acceptors (Lipinski definition) is 3. The lowest BCUT2D eigenvalue weighted by Gasteiger charge is -2.47. The molecule has 5 heteroatoms. The second-order valence-corrected chi connectivity index (χ2v) is 5.43. The van der Waals surface area contributed by atoms with Crippen molar-refractivity contribution in [3.63, 3.8) is 0 Å². The van der Waals surface area contributed by atoms with Crippen molar-refractivity contribution in [1.29, 1.82) is 0 Å². The summed E-state index contributed by atoms with van der Waals surface area (Å²) in [4.78, 5) is 27.0. The fourth-order valence-electron chi connectivity index (χ4n) is 3.16. The lowest BCUT2D eigenvalue weighted by molar-refractivity contribution is -0.158. The maximum Gasteiger partial charge on any atom is 0.249 e. The molecule has 2 rings (SSSR count). The van der Waals surface area contributed by atoms with Crippen LogP contribution in [0.4, 0.5) is 0 Å². The van der Waals surface area contributed by atoms with E-state index >= 15 is 0 Å². The number of piperazine rings is 1. The summed E-state index contributed by atoms with van der Waals surface area (Å²) in [6.07, 6.45) is 2.75. The quantitative estimate of drug-likeness (QED) is 0.829. The van der Waals surface area contributed by atoms with E-state index in [0.29, 0.717) is 32.5 Å². The Bertz CT molecular complexity index is 360. The average Bonchev–Trinajstić information content (AvgIpc) is 2.94. The maximum atomic E-state index is 12.9. The van der Waals surface area contributed by atoms with Gasteiger partial charge in [-0.3, -0.25) is 9.59 Å². The van der Waals surface area contributed by atoms with Crippen LogP contribution in [0.3, 0.4) is 0 Å². The van der Waals surface area contributed by atoms with Gasteiger partial charge in [-0.15, -0.1) is 0 Å². The zero-order valence-corrected chi connectivity index (χ0v) is 12.1. The number of nitrogens with one attached hydrogen (secondary N) is 1. The largest absolute Gasteiger partial charge is 0.379 e. The number of carbonyl (C=O) groups is 2. The van der Waals surface area contributed by atoms with Gasteiger partial charge in [0.2, 0.25) is 11.8 Å². The first-order chi connectivity index (χ1) is 9.09. The molecule has 0 aromatic carbocycles. The highest BCUT2D eigenvalue weighted by Gasteiger charge is 2.50. The smallest absolute Gasteiger partial charge is 0.249 e. The minimum absolute atomic E-state index is 0.0160. The molecule has 1 N–H and O–H groups in total. The number of ether oxygens (including phenoxy) is 1. The summed E-state index contributed by atoms with van der Waals surface area (Å²) in [5.74, 6) is 0.0529. The summed E-state index contributed by atoms with van der Waals surface area (Å²) >= 11 is 0. The van der Waals surface area contributed by atoms with E-state index in [-0.39, 0.29) is 23.9 Å². The molecule has 2 heterocycles. The molecular weight excluding hydrogens is 244 g/mol. The van der Waals surface area contributed by atoms with E-state index in [9.17, 15) is 9.59 Å². The van der Waals surface area contributed by atoms with Crippen molar-refractivity contribution in [2.24, 2.45) is 0 Å². The summed E-state index contributed by atoms with van der Waals surface area (Å²) < 4.78 is 5.40. The number of hydrogen-bond donors (Lipinski definition) is 1. The summed E-state index contributed by atoms with van der Waals surface area (Å²) in [7, 11) is 0. The average molecular weight is 268 g/mol. The molecule has 2 fully saturated rings. The summed E-state index contributed by atoms with van der Waals surface area (Å²) in [5, 5.41) is 2.96. The van der Waals surface area contributed by atoms with Crippen molar-refractivity contribution in [2.45, 2.75) is 64.1 Å². The van der Waals surface area contributed by atoms with Crippen molar-refractivity contribution >= 4 is 11.8 Å². The Hall–Kier alpha value is -1.10. The van der Waals surface area contributed by atoms with E-state index in [2.05, 4.69) is 5.32 Å². The molecule has 0 spiro atoms. The third-order valence-corrected chi connectivity index (χ3v) is 4.54. The van der Waals surface area contributed by atoms with Gasteiger partial charge in [-0.05, 0) is 25.7 Å². The van der Waals surface area contributed by atoms with E-state index in [1.807, 2.05) is 20.8 Å². The molecule has 108 valence electrons. The fourth-order valence-corrected chi connectivity index (χ4v) is 3.16. The molecule has 2 saturated heterocycles. The first-order valence-corrected chi connectivity index (χ1v) is 7.32. The van der Waals surface area contributed by atoms with Crippen LogP contribution < -0.4 is 5.32 Å². The second kappa shape index (κ2) is 5.49. The van der Waals surface area contributed by atoms with Gasteiger partial charge in [0.25, 0.3) is 0 Å². The van der Waals surface area contributed by atoms with Gasteiger partial charge in [0, 0.05) is 6.61 Å². The lowest BCUT2D eigenvalue weighted by atomic mass is 9.85. The van der Waals surface area contributed by atoms with E-state index in [1.165, 1.54) is 0 Å². The molecule has 2 aliphatic rings. The highest BCUT2D eigenvalue weighted by atomic mass is 16.5. The number of nitrogens with zero attached hydrogens (tertiary/aromatic N) is 1. The summed E-state index contributed by atoms with van der Waals surface area (Å²) in [6, 6.07) is -0.286. The van der Waals surface area contributed by atoms with Crippen molar-refractivity contribution < 1.29 is 14.3 Å². The molecule has 2 aliphatic heterocycles. The van der Waals surface area contributed by atoms with Crippen LogP contribution in [-0.2, 0) is 14.3 Å². The normalized spacial score (nSPS) is 30.6. The van der Waals surface area contributed by atoms with Crippen LogP contribution in [0.15, 0.2) is 0 Å². The van der Waals surface area contributed by atoms with E-state index in [0.717, 1.165) is 6.42 Å². The monoisotopic (exact) mass is 268 g/mol. The Labute approximate surface area is 114 Å². The standard InChI is InChI=1S/C14H24N2O3/c1-4-11-12(17)15-14(5-2,6-3)13(18)16(11)10-7-8-19-9-10/h10-11H,4-9H2,1-3H3,(H,15,17). The van der Waals surface area contributed by atoms with Gasteiger partial charge < -0.3 is 15.0 Å². The molecule has 0 radical (unpaired) electrons. The molecule has 2 atom stereocenters. The maximum absolute atomic E-state index is 12.9. The van der Waals surface area contributed by atoms with Gasteiger partial charge >= 0.3 is 0 Å². The molecule has 0 bridgehead atoms. The zero-order chi connectivity index (χ0) is 14.0. The zero-order valence-electron chi connectivity index (χ0n) is 12.1. The second-order valence-electron chi connectivity index (χ2n) is 5.43. The Morgan fingerprint density at radius 3 is 2.47 bits per heavy atom. The summed E-state index contributed by atoms with van der Waals surface area (Å²) in [5.41, 5.74) is -0.717. The van der Waals surface area contributed by atoms with Gasteiger partial charge in [-0.2, -0.15) is 0 Å². The first kappa shape index (κ1) is 14.3. The van der Waals surface area contributed by atoms with Gasteiger partial charge in [-0.25, -0.2) is 0 Å². The molecule has 0 aromatic rings. The number of carbonyl (C=O) groups excluding carboxylic acids is 2. The predicted molar refractivity (Wildman–Crippen MR) is 71.6 cm³/mol. The molecule has 0 saturated carbocycles. The molecule has 19 heavy (non-hydrogen) atoms. The molecule has 5 nitrogen and oxygen atoms in total. The first-order valence-electron chi connectivity index (χ1n) is 7.32. The SMILES string of the molecule is CCC1C(=O)NC(CC)(CC)C(=O)N1C1CCOC1. The molecular formula is C14H24N2O3. The minimum atomic E-state index is -0.717. The Morgan fingerprint density at radius 2 is 2.00 bits per heavy atom. The predicted octanol–water partition coefficient (Wildman–Crippen LogP) is 1.07. The Balaban J connectivity index is 2.33.